The van der Waals surface area contributed by atoms with Gasteiger partial charge < -0.3 is 15.5 Å². The molecule has 1 aliphatic heterocycles. The van der Waals surface area contributed by atoms with Crippen LogP contribution >= 0.6 is 11.6 Å². The lowest BCUT2D eigenvalue weighted by molar-refractivity contribution is -0.120. The van der Waals surface area contributed by atoms with Gasteiger partial charge in [-0.2, -0.15) is 0 Å². The number of amides is 5. The lowest BCUT2D eigenvalue weighted by Crippen LogP contribution is -2.60. The Labute approximate surface area is 139 Å². The molecule has 1 saturated heterocycles. The molecule has 1 aromatic rings. The van der Waals surface area contributed by atoms with E-state index in [4.69, 9.17) is 11.6 Å². The van der Waals surface area contributed by atoms with Gasteiger partial charge in [0.1, 0.15) is 0 Å². The smallest absolute Gasteiger partial charge is 0.329 e. The topological polar surface area (TPSA) is 81.8 Å². The molecule has 0 aromatic heterocycles. The van der Waals surface area contributed by atoms with E-state index in [1.807, 2.05) is 12.1 Å². The molecule has 0 spiro atoms. The fraction of sp³-hybridized carbons (Fsp3) is 0.400. The molecule has 1 aromatic carbocycles. The monoisotopic (exact) mass is 338 g/mol. The van der Waals surface area contributed by atoms with Crippen LogP contribution in [-0.2, 0) is 11.2 Å². The second-order valence-electron chi connectivity index (χ2n) is 5.14. The lowest BCUT2D eigenvalue weighted by Gasteiger charge is -2.34. The minimum Gasteiger partial charge on any atom is -0.359 e. The van der Waals surface area contributed by atoms with Gasteiger partial charge in [0.25, 0.3) is 0 Å². The molecule has 8 heteroatoms. The van der Waals surface area contributed by atoms with E-state index < -0.39 is 6.03 Å². The van der Waals surface area contributed by atoms with Crippen molar-refractivity contribution in [1.29, 1.82) is 0 Å². The Balaban J connectivity index is 1.91. The Morgan fingerprint density at radius 3 is 2.61 bits per heavy atom. The Hall–Kier alpha value is -2.28. The van der Waals surface area contributed by atoms with Crippen LogP contribution in [0.1, 0.15) is 12.0 Å². The first-order valence-electron chi connectivity index (χ1n) is 7.30. The highest BCUT2D eigenvalue weighted by Crippen LogP contribution is 2.12. The van der Waals surface area contributed by atoms with Crippen LogP contribution in [0, 0.1) is 0 Å². The summed E-state index contributed by atoms with van der Waals surface area (Å²) in [6, 6.07) is 6.55. The molecule has 2 N–H and O–H groups in total. The molecule has 1 fully saturated rings. The van der Waals surface area contributed by atoms with Crippen LogP contribution in [0.2, 0.25) is 5.02 Å². The summed E-state index contributed by atoms with van der Waals surface area (Å²) in [4.78, 5) is 38.0. The SMILES string of the molecule is CNC(=O)CCN1C(=O)NCN(CCc2ccc(Cl)cc2)C1=O. The maximum absolute atomic E-state index is 12.4. The number of halogens is 1. The van der Waals surface area contributed by atoms with Crippen molar-refractivity contribution >= 4 is 29.6 Å². The van der Waals surface area contributed by atoms with Crippen LogP contribution in [0.5, 0.6) is 0 Å². The van der Waals surface area contributed by atoms with E-state index in [0.29, 0.717) is 18.0 Å². The van der Waals surface area contributed by atoms with Crippen LogP contribution in [0.15, 0.2) is 24.3 Å². The molecule has 1 heterocycles. The molecular formula is C15H19ClN4O3. The zero-order chi connectivity index (χ0) is 16.8. The van der Waals surface area contributed by atoms with Crippen LogP contribution in [0.4, 0.5) is 9.59 Å². The predicted octanol–water partition coefficient (Wildman–Crippen LogP) is 1.42. The standard InChI is InChI=1S/C15H19ClN4O3/c1-17-13(21)7-9-20-14(22)18-10-19(15(20)23)8-6-11-2-4-12(16)5-3-11/h2-5H,6-10H2,1H3,(H,17,21)(H,18,22). The third-order valence-electron chi connectivity index (χ3n) is 3.59. The fourth-order valence-electron chi connectivity index (χ4n) is 2.21. The van der Waals surface area contributed by atoms with Gasteiger partial charge >= 0.3 is 12.1 Å². The minimum absolute atomic E-state index is 0.0573. The Morgan fingerprint density at radius 2 is 1.96 bits per heavy atom. The summed E-state index contributed by atoms with van der Waals surface area (Å²) in [5.74, 6) is -0.219. The van der Waals surface area contributed by atoms with Gasteiger partial charge in [0, 0.05) is 31.6 Å². The van der Waals surface area contributed by atoms with Gasteiger partial charge in [0.2, 0.25) is 5.91 Å². The number of carbonyl (C=O) groups excluding carboxylic acids is 3. The molecule has 124 valence electrons. The quantitative estimate of drug-likeness (QED) is 0.823. The Morgan fingerprint density at radius 1 is 1.26 bits per heavy atom. The summed E-state index contributed by atoms with van der Waals surface area (Å²) in [7, 11) is 1.51. The minimum atomic E-state index is -0.471. The summed E-state index contributed by atoms with van der Waals surface area (Å²) in [6.45, 7) is 0.695. The highest BCUT2D eigenvalue weighted by molar-refractivity contribution is 6.30. The van der Waals surface area contributed by atoms with Crippen molar-refractivity contribution in [2.75, 3.05) is 26.8 Å². The maximum atomic E-state index is 12.4. The third kappa shape index (κ3) is 4.59. The number of hydrogen-bond acceptors (Lipinski definition) is 3. The average molecular weight is 339 g/mol. The molecule has 0 radical (unpaired) electrons. The van der Waals surface area contributed by atoms with Crippen molar-refractivity contribution in [3.63, 3.8) is 0 Å². The molecule has 1 aliphatic rings. The van der Waals surface area contributed by atoms with Crippen molar-refractivity contribution in [2.45, 2.75) is 12.8 Å². The number of nitrogens with one attached hydrogen (secondary N) is 2. The van der Waals surface area contributed by atoms with Gasteiger partial charge in [0.15, 0.2) is 0 Å². The first-order chi connectivity index (χ1) is 11.0. The van der Waals surface area contributed by atoms with Crippen molar-refractivity contribution in [3.8, 4) is 0 Å². The zero-order valence-corrected chi connectivity index (χ0v) is 13.6. The lowest BCUT2D eigenvalue weighted by atomic mass is 10.1. The van der Waals surface area contributed by atoms with Crippen LogP contribution in [0.25, 0.3) is 0 Å². The van der Waals surface area contributed by atoms with Crippen molar-refractivity contribution in [1.82, 2.24) is 20.4 Å². The van der Waals surface area contributed by atoms with Crippen LogP contribution in [-0.4, -0.2) is 54.6 Å². The molecule has 5 amide bonds. The average Bonchev–Trinajstić information content (AvgIpc) is 2.55. The van der Waals surface area contributed by atoms with Gasteiger partial charge in [-0.15, -0.1) is 0 Å². The number of imide groups is 1. The van der Waals surface area contributed by atoms with Gasteiger partial charge in [-0.1, -0.05) is 23.7 Å². The molecular weight excluding hydrogens is 320 g/mol. The Bertz CT molecular complexity index is 591. The zero-order valence-electron chi connectivity index (χ0n) is 12.8. The van der Waals surface area contributed by atoms with E-state index in [1.165, 1.54) is 7.05 Å². The second kappa shape index (κ2) is 7.82. The summed E-state index contributed by atoms with van der Waals surface area (Å²) >= 11 is 5.84. The summed E-state index contributed by atoms with van der Waals surface area (Å²) < 4.78 is 0. The van der Waals surface area contributed by atoms with Crippen molar-refractivity contribution in [3.05, 3.63) is 34.9 Å². The molecule has 0 bridgehead atoms. The second-order valence-corrected chi connectivity index (χ2v) is 5.57. The number of rotatable bonds is 6. The van der Waals surface area contributed by atoms with E-state index >= 15 is 0 Å². The highest BCUT2D eigenvalue weighted by Gasteiger charge is 2.31. The maximum Gasteiger partial charge on any atom is 0.329 e. The summed E-state index contributed by atoms with van der Waals surface area (Å²) in [5.41, 5.74) is 1.05. The van der Waals surface area contributed by atoms with E-state index in [9.17, 15) is 14.4 Å². The van der Waals surface area contributed by atoms with Gasteiger partial charge in [-0.25, -0.2) is 14.5 Å². The normalized spacial score (nSPS) is 14.7. The molecule has 23 heavy (non-hydrogen) atoms. The number of nitrogens with zero attached hydrogens (tertiary/aromatic N) is 2. The third-order valence-corrected chi connectivity index (χ3v) is 3.84. The Kier molecular flexibility index (Phi) is 5.81. The first kappa shape index (κ1) is 17.1. The van der Waals surface area contributed by atoms with E-state index in [1.54, 1.807) is 17.0 Å². The molecule has 7 nitrogen and oxygen atoms in total. The van der Waals surface area contributed by atoms with E-state index in [0.717, 1.165) is 10.5 Å². The molecule has 2 rings (SSSR count). The largest absolute Gasteiger partial charge is 0.359 e. The molecule has 0 atom stereocenters. The molecule has 0 aliphatic carbocycles. The fourth-order valence-corrected chi connectivity index (χ4v) is 2.34. The number of urea groups is 2. The first-order valence-corrected chi connectivity index (χ1v) is 7.68. The van der Waals surface area contributed by atoms with Gasteiger partial charge in [0.05, 0.1) is 6.67 Å². The summed E-state index contributed by atoms with van der Waals surface area (Å²) in [6.07, 6.45) is 0.739. The summed E-state index contributed by atoms with van der Waals surface area (Å²) in [5, 5.41) is 5.77. The van der Waals surface area contributed by atoms with Gasteiger partial charge in [-0.05, 0) is 24.1 Å². The van der Waals surface area contributed by atoms with E-state index in [-0.39, 0.29) is 31.6 Å². The van der Waals surface area contributed by atoms with Crippen molar-refractivity contribution < 1.29 is 14.4 Å². The van der Waals surface area contributed by atoms with E-state index in [2.05, 4.69) is 10.6 Å². The van der Waals surface area contributed by atoms with Crippen LogP contribution < -0.4 is 10.6 Å². The number of hydrogen-bond donors (Lipinski definition) is 2. The number of benzene rings is 1. The van der Waals surface area contributed by atoms with Crippen LogP contribution in [0.3, 0.4) is 0 Å². The van der Waals surface area contributed by atoms with Crippen molar-refractivity contribution in [2.24, 2.45) is 0 Å². The highest BCUT2D eigenvalue weighted by atomic mass is 35.5. The van der Waals surface area contributed by atoms with Gasteiger partial charge in [-0.3, -0.25) is 4.79 Å². The predicted molar refractivity (Wildman–Crippen MR) is 86.0 cm³/mol. The number of carbonyl (C=O) groups is 3. The molecule has 0 unspecified atom stereocenters. The molecule has 0 saturated carbocycles.